The molecule has 0 atom stereocenters. The monoisotopic (exact) mass is 561 g/mol. The zero-order chi connectivity index (χ0) is 24.2. The Morgan fingerprint density at radius 1 is 1.09 bits per heavy atom. The predicted octanol–water partition coefficient (Wildman–Crippen LogP) is 7.46. The summed E-state index contributed by atoms with van der Waals surface area (Å²) in [7, 11) is 0. The van der Waals surface area contributed by atoms with Crippen LogP contribution in [0.3, 0.4) is 0 Å². The molecule has 1 heterocycles. The summed E-state index contributed by atoms with van der Waals surface area (Å²) in [6, 6.07) is 16.2. The molecule has 5 nitrogen and oxygen atoms in total. The summed E-state index contributed by atoms with van der Waals surface area (Å²) >= 11 is 10.4. The third-order valence-corrected chi connectivity index (χ3v) is 6.46. The first-order valence-corrected chi connectivity index (χ1v) is 12.2. The van der Waals surface area contributed by atoms with Crippen molar-refractivity contribution in [2.24, 2.45) is 0 Å². The largest absolute Gasteiger partial charge is 0.490 e. The number of imide groups is 1. The molecule has 174 valence electrons. The summed E-state index contributed by atoms with van der Waals surface area (Å²) in [4.78, 5) is 26.9. The SMILES string of the molecule is CCOc1cc(/C=C2/SC(=O)N(c3cccc(Cl)c3)C2=O)cc(Br)c1OCc1cccc(F)c1. The topological polar surface area (TPSA) is 55.8 Å². The maximum Gasteiger partial charge on any atom is 0.298 e. The Hall–Kier alpha value is -2.81. The first-order chi connectivity index (χ1) is 16.4. The van der Waals surface area contributed by atoms with Gasteiger partial charge in [0.15, 0.2) is 11.5 Å². The standard InChI is InChI=1S/C25H18BrClFNO4S/c1-2-32-21-11-16(10-20(26)23(21)33-14-15-5-3-7-18(28)9-15)12-22-24(30)29(25(31)34-22)19-8-4-6-17(27)13-19/h3-13H,2,14H2,1H3/b22-12+. The average molecular weight is 563 g/mol. The van der Waals surface area contributed by atoms with Gasteiger partial charge < -0.3 is 9.47 Å². The van der Waals surface area contributed by atoms with E-state index in [1.807, 2.05) is 6.92 Å². The van der Waals surface area contributed by atoms with E-state index in [1.54, 1.807) is 54.6 Å². The van der Waals surface area contributed by atoms with Crippen molar-refractivity contribution in [1.29, 1.82) is 0 Å². The molecule has 0 radical (unpaired) electrons. The van der Waals surface area contributed by atoms with Crippen LogP contribution >= 0.6 is 39.3 Å². The number of thioether (sulfide) groups is 1. The molecule has 2 amide bonds. The van der Waals surface area contributed by atoms with Crippen molar-refractivity contribution in [2.45, 2.75) is 13.5 Å². The summed E-state index contributed by atoms with van der Waals surface area (Å²) in [5.41, 5.74) is 1.73. The van der Waals surface area contributed by atoms with E-state index in [4.69, 9.17) is 21.1 Å². The first-order valence-electron chi connectivity index (χ1n) is 10.2. The third-order valence-electron chi connectivity index (χ3n) is 4.76. The molecule has 0 unspecified atom stereocenters. The molecule has 9 heteroatoms. The van der Waals surface area contributed by atoms with Crippen molar-refractivity contribution in [3.05, 3.63) is 92.0 Å². The highest BCUT2D eigenvalue weighted by atomic mass is 79.9. The zero-order valence-corrected chi connectivity index (χ0v) is 21.0. The molecule has 0 N–H and O–H groups in total. The molecule has 0 bridgehead atoms. The molecule has 0 saturated carbocycles. The van der Waals surface area contributed by atoms with Gasteiger partial charge in [-0.1, -0.05) is 29.8 Å². The number of anilines is 1. The van der Waals surface area contributed by atoms with Crippen molar-refractivity contribution in [2.75, 3.05) is 11.5 Å². The van der Waals surface area contributed by atoms with Gasteiger partial charge >= 0.3 is 0 Å². The Kier molecular flexibility index (Phi) is 7.60. The molecule has 1 saturated heterocycles. The number of hydrogen-bond donors (Lipinski definition) is 0. The number of nitrogens with zero attached hydrogens (tertiary/aromatic N) is 1. The van der Waals surface area contributed by atoms with Crippen LogP contribution in [0, 0.1) is 5.82 Å². The van der Waals surface area contributed by atoms with Crippen LogP contribution in [0.25, 0.3) is 6.08 Å². The Labute approximate surface area is 213 Å². The Morgan fingerprint density at radius 2 is 1.88 bits per heavy atom. The van der Waals surface area contributed by atoms with Crippen LogP contribution in [0.4, 0.5) is 14.9 Å². The van der Waals surface area contributed by atoms with E-state index >= 15 is 0 Å². The van der Waals surface area contributed by atoms with Gasteiger partial charge in [0.25, 0.3) is 11.1 Å². The quantitative estimate of drug-likeness (QED) is 0.280. The van der Waals surface area contributed by atoms with E-state index in [2.05, 4.69) is 15.9 Å². The van der Waals surface area contributed by atoms with Crippen molar-refractivity contribution in [3.8, 4) is 11.5 Å². The lowest BCUT2D eigenvalue weighted by Crippen LogP contribution is -2.27. The third kappa shape index (κ3) is 5.46. The van der Waals surface area contributed by atoms with Crippen molar-refractivity contribution >= 4 is 62.2 Å². The maximum absolute atomic E-state index is 13.5. The van der Waals surface area contributed by atoms with E-state index in [-0.39, 0.29) is 17.3 Å². The summed E-state index contributed by atoms with van der Waals surface area (Å²) in [6.07, 6.45) is 1.62. The lowest BCUT2D eigenvalue weighted by molar-refractivity contribution is -0.113. The van der Waals surface area contributed by atoms with Gasteiger partial charge in [0.1, 0.15) is 12.4 Å². The molecule has 1 aliphatic heterocycles. The molecule has 3 aromatic carbocycles. The Balaban J connectivity index is 1.60. The van der Waals surface area contributed by atoms with Gasteiger partial charge in [0, 0.05) is 5.02 Å². The Morgan fingerprint density at radius 3 is 2.62 bits per heavy atom. The second-order valence-corrected chi connectivity index (χ2v) is 9.46. The fraction of sp³-hybridized carbons (Fsp3) is 0.120. The Bertz CT molecular complexity index is 1300. The van der Waals surface area contributed by atoms with Gasteiger partial charge in [-0.3, -0.25) is 9.59 Å². The van der Waals surface area contributed by atoms with Gasteiger partial charge in [-0.05, 0) is 94.3 Å². The van der Waals surface area contributed by atoms with Gasteiger partial charge in [-0.2, -0.15) is 0 Å². The van der Waals surface area contributed by atoms with Gasteiger partial charge in [-0.25, -0.2) is 9.29 Å². The van der Waals surface area contributed by atoms with Crippen LogP contribution in [-0.2, 0) is 11.4 Å². The van der Waals surface area contributed by atoms with Crippen LogP contribution < -0.4 is 14.4 Å². The normalized spacial score (nSPS) is 14.7. The second kappa shape index (κ2) is 10.6. The van der Waals surface area contributed by atoms with Crippen LogP contribution in [0.15, 0.2) is 70.0 Å². The number of carbonyl (C=O) groups is 2. The van der Waals surface area contributed by atoms with Crippen LogP contribution in [0.5, 0.6) is 11.5 Å². The number of ether oxygens (including phenoxy) is 2. The number of amides is 2. The van der Waals surface area contributed by atoms with Crippen LogP contribution in [-0.4, -0.2) is 17.8 Å². The van der Waals surface area contributed by atoms with Gasteiger partial charge in [0.05, 0.1) is 21.7 Å². The minimum absolute atomic E-state index is 0.147. The maximum atomic E-state index is 13.5. The number of hydrogen-bond acceptors (Lipinski definition) is 5. The molecule has 1 fully saturated rings. The summed E-state index contributed by atoms with van der Waals surface area (Å²) in [5.74, 6) is 0.133. The average Bonchev–Trinajstić information content (AvgIpc) is 3.06. The molecule has 1 aliphatic rings. The highest BCUT2D eigenvalue weighted by Gasteiger charge is 2.36. The summed E-state index contributed by atoms with van der Waals surface area (Å²) in [5, 5.41) is 0.0253. The number of benzene rings is 3. The number of halogens is 3. The first kappa shape index (κ1) is 24.3. The highest BCUT2D eigenvalue weighted by Crippen LogP contribution is 2.40. The molecule has 4 rings (SSSR count). The molecular weight excluding hydrogens is 545 g/mol. The van der Waals surface area contributed by atoms with E-state index in [1.165, 1.54) is 12.1 Å². The van der Waals surface area contributed by atoms with E-state index in [9.17, 15) is 14.0 Å². The van der Waals surface area contributed by atoms with Gasteiger partial charge in [0.2, 0.25) is 0 Å². The molecule has 0 aromatic heterocycles. The fourth-order valence-corrected chi connectivity index (χ4v) is 4.91. The van der Waals surface area contributed by atoms with E-state index in [0.29, 0.717) is 44.4 Å². The smallest absolute Gasteiger partial charge is 0.298 e. The predicted molar refractivity (Wildman–Crippen MR) is 136 cm³/mol. The summed E-state index contributed by atoms with van der Waals surface area (Å²) < 4.78 is 25.7. The lowest BCUT2D eigenvalue weighted by Gasteiger charge is -2.15. The molecule has 3 aromatic rings. The van der Waals surface area contributed by atoms with Crippen molar-refractivity contribution in [3.63, 3.8) is 0 Å². The van der Waals surface area contributed by atoms with Crippen molar-refractivity contribution < 1.29 is 23.5 Å². The van der Waals surface area contributed by atoms with Crippen LogP contribution in [0.1, 0.15) is 18.1 Å². The van der Waals surface area contributed by atoms with Crippen LogP contribution in [0.2, 0.25) is 5.02 Å². The molecule has 34 heavy (non-hydrogen) atoms. The number of carbonyl (C=O) groups excluding carboxylic acids is 2. The number of rotatable bonds is 7. The zero-order valence-electron chi connectivity index (χ0n) is 17.9. The summed E-state index contributed by atoms with van der Waals surface area (Å²) in [6.45, 7) is 2.37. The molecule has 0 spiro atoms. The van der Waals surface area contributed by atoms with Crippen molar-refractivity contribution in [1.82, 2.24) is 0 Å². The highest BCUT2D eigenvalue weighted by molar-refractivity contribution is 9.10. The van der Waals surface area contributed by atoms with E-state index < -0.39 is 11.1 Å². The second-order valence-electron chi connectivity index (χ2n) is 7.18. The lowest BCUT2D eigenvalue weighted by atomic mass is 10.1. The minimum atomic E-state index is -0.433. The molecule has 0 aliphatic carbocycles. The minimum Gasteiger partial charge on any atom is -0.490 e. The van der Waals surface area contributed by atoms with Gasteiger partial charge in [-0.15, -0.1) is 0 Å². The molecular formula is C25H18BrClFNO4S. The van der Waals surface area contributed by atoms with E-state index in [0.717, 1.165) is 16.7 Å². The fourth-order valence-electron chi connectivity index (χ4n) is 3.31.